The SMILES string of the molecule is O=C(O)c1cc(Cl)[n+]([O-])c2ccccc12. The van der Waals surface area contributed by atoms with Crippen LogP contribution in [0.4, 0.5) is 0 Å². The number of aromatic nitrogens is 1. The van der Waals surface area contributed by atoms with Gasteiger partial charge in [-0.05, 0) is 17.7 Å². The Balaban J connectivity index is 2.94. The fourth-order valence-corrected chi connectivity index (χ4v) is 1.63. The van der Waals surface area contributed by atoms with Crippen LogP contribution in [0.15, 0.2) is 30.3 Å². The van der Waals surface area contributed by atoms with Crippen molar-refractivity contribution in [3.63, 3.8) is 0 Å². The lowest BCUT2D eigenvalue weighted by Gasteiger charge is -2.05. The van der Waals surface area contributed by atoms with Crippen LogP contribution in [0.3, 0.4) is 0 Å². The fraction of sp³-hybridized carbons (Fsp3) is 0. The van der Waals surface area contributed by atoms with Crippen molar-refractivity contribution in [2.75, 3.05) is 0 Å². The van der Waals surface area contributed by atoms with E-state index in [2.05, 4.69) is 0 Å². The van der Waals surface area contributed by atoms with Crippen molar-refractivity contribution in [2.45, 2.75) is 0 Å². The molecule has 0 unspecified atom stereocenters. The number of pyridine rings is 1. The molecule has 2 aromatic rings. The number of hydrogen-bond acceptors (Lipinski definition) is 2. The molecule has 0 saturated heterocycles. The molecule has 15 heavy (non-hydrogen) atoms. The number of aromatic carboxylic acids is 1. The summed E-state index contributed by atoms with van der Waals surface area (Å²) in [7, 11) is 0. The molecule has 0 saturated carbocycles. The minimum atomic E-state index is -1.10. The number of fused-ring (bicyclic) bond motifs is 1. The molecule has 1 heterocycles. The summed E-state index contributed by atoms with van der Waals surface area (Å²) in [5, 5.41) is 20.7. The zero-order valence-corrected chi connectivity index (χ0v) is 8.23. The Bertz CT molecular complexity index is 554. The first kappa shape index (κ1) is 9.73. The third-order valence-corrected chi connectivity index (χ3v) is 2.36. The van der Waals surface area contributed by atoms with Crippen LogP contribution < -0.4 is 4.73 Å². The maximum Gasteiger partial charge on any atom is 0.336 e. The average Bonchev–Trinajstić information content (AvgIpc) is 2.23. The third kappa shape index (κ3) is 1.49. The number of carboxylic acids is 1. The van der Waals surface area contributed by atoms with Crippen molar-refractivity contribution >= 4 is 28.5 Å². The highest BCUT2D eigenvalue weighted by molar-refractivity contribution is 6.29. The zero-order valence-electron chi connectivity index (χ0n) is 7.48. The Morgan fingerprint density at radius 2 is 2.07 bits per heavy atom. The van der Waals surface area contributed by atoms with Crippen LogP contribution in [0.1, 0.15) is 10.4 Å². The van der Waals surface area contributed by atoms with Crippen LogP contribution in [0.2, 0.25) is 5.15 Å². The van der Waals surface area contributed by atoms with Gasteiger partial charge in [-0.25, -0.2) is 4.79 Å². The van der Waals surface area contributed by atoms with E-state index in [0.29, 0.717) is 10.1 Å². The zero-order chi connectivity index (χ0) is 11.0. The van der Waals surface area contributed by atoms with Crippen LogP contribution in [0, 0.1) is 5.21 Å². The Labute approximate surface area is 89.9 Å². The molecular formula is C10H6ClNO3. The second kappa shape index (κ2) is 3.40. The minimum Gasteiger partial charge on any atom is -0.617 e. The maximum absolute atomic E-state index is 11.5. The van der Waals surface area contributed by atoms with Gasteiger partial charge in [0.15, 0.2) is 0 Å². The van der Waals surface area contributed by atoms with E-state index in [1.807, 2.05) is 0 Å². The second-order valence-corrected chi connectivity index (χ2v) is 3.38. The first-order chi connectivity index (χ1) is 7.11. The number of nitrogens with zero attached hydrogens (tertiary/aromatic N) is 1. The van der Waals surface area contributed by atoms with Crippen molar-refractivity contribution in [3.05, 3.63) is 46.3 Å². The van der Waals surface area contributed by atoms with Crippen molar-refractivity contribution in [3.8, 4) is 0 Å². The second-order valence-electron chi connectivity index (χ2n) is 3.00. The van der Waals surface area contributed by atoms with Gasteiger partial charge < -0.3 is 10.3 Å². The van der Waals surface area contributed by atoms with Gasteiger partial charge in [-0.15, -0.1) is 0 Å². The number of hydrogen-bond donors (Lipinski definition) is 1. The van der Waals surface area contributed by atoms with Gasteiger partial charge in [-0.3, -0.25) is 0 Å². The van der Waals surface area contributed by atoms with Gasteiger partial charge in [-0.2, -0.15) is 4.73 Å². The number of benzene rings is 1. The molecule has 0 amide bonds. The summed E-state index contributed by atoms with van der Waals surface area (Å²) in [5.74, 6) is -1.10. The average molecular weight is 224 g/mol. The topological polar surface area (TPSA) is 64.2 Å². The lowest BCUT2D eigenvalue weighted by Crippen LogP contribution is -2.29. The van der Waals surface area contributed by atoms with Gasteiger partial charge in [-0.1, -0.05) is 12.1 Å². The standard InChI is InChI=1S/C10H6ClNO3/c11-9-5-7(10(13)14)6-3-1-2-4-8(6)12(9)15/h1-5H,(H,13,14). The van der Waals surface area contributed by atoms with Crippen LogP contribution >= 0.6 is 11.6 Å². The molecule has 1 N–H and O–H groups in total. The lowest BCUT2D eigenvalue weighted by atomic mass is 10.1. The summed E-state index contributed by atoms with van der Waals surface area (Å²) in [4.78, 5) is 10.9. The smallest absolute Gasteiger partial charge is 0.336 e. The maximum atomic E-state index is 11.5. The molecule has 5 heteroatoms. The highest BCUT2D eigenvalue weighted by Crippen LogP contribution is 2.18. The van der Waals surface area contributed by atoms with Crippen LogP contribution in [-0.2, 0) is 0 Å². The molecule has 4 nitrogen and oxygen atoms in total. The normalized spacial score (nSPS) is 10.5. The molecule has 1 aromatic carbocycles. The number of carbonyl (C=O) groups is 1. The molecule has 76 valence electrons. The van der Waals surface area contributed by atoms with Gasteiger partial charge in [0.25, 0.3) is 5.15 Å². The van der Waals surface area contributed by atoms with Gasteiger partial charge in [0, 0.05) is 12.1 Å². The Hall–Kier alpha value is -1.81. The van der Waals surface area contributed by atoms with Gasteiger partial charge in [0.05, 0.1) is 10.9 Å². The summed E-state index contributed by atoms with van der Waals surface area (Å²) in [5.41, 5.74) is 0.283. The van der Waals surface area contributed by atoms with E-state index in [1.165, 1.54) is 6.07 Å². The molecule has 0 spiro atoms. The number of carboxylic acid groups (broad SMARTS) is 1. The number of para-hydroxylation sites is 1. The summed E-state index contributed by atoms with van der Waals surface area (Å²) >= 11 is 5.62. The van der Waals surface area contributed by atoms with Gasteiger partial charge >= 0.3 is 5.97 Å². The van der Waals surface area contributed by atoms with Crippen molar-refractivity contribution in [1.29, 1.82) is 0 Å². The fourth-order valence-electron chi connectivity index (χ4n) is 1.43. The molecule has 0 bridgehead atoms. The number of halogens is 1. The van der Waals surface area contributed by atoms with Crippen LogP contribution in [-0.4, -0.2) is 11.1 Å². The third-order valence-electron chi connectivity index (χ3n) is 2.10. The van der Waals surface area contributed by atoms with Gasteiger partial charge in [0.2, 0.25) is 5.52 Å². The molecular weight excluding hydrogens is 218 g/mol. The van der Waals surface area contributed by atoms with Crippen molar-refractivity contribution in [1.82, 2.24) is 0 Å². The van der Waals surface area contributed by atoms with Crippen molar-refractivity contribution in [2.24, 2.45) is 0 Å². The van der Waals surface area contributed by atoms with E-state index in [0.717, 1.165) is 6.07 Å². The first-order valence-electron chi connectivity index (χ1n) is 4.15. The summed E-state index contributed by atoms with van der Waals surface area (Å²) in [6.45, 7) is 0. The van der Waals surface area contributed by atoms with E-state index in [4.69, 9.17) is 16.7 Å². The molecule has 0 radical (unpaired) electrons. The first-order valence-corrected chi connectivity index (χ1v) is 4.53. The quantitative estimate of drug-likeness (QED) is 0.456. The number of rotatable bonds is 1. The molecule has 0 fully saturated rings. The van der Waals surface area contributed by atoms with E-state index in [1.54, 1.807) is 18.2 Å². The highest BCUT2D eigenvalue weighted by atomic mass is 35.5. The summed E-state index contributed by atoms with van der Waals surface area (Å²) in [6, 6.07) is 7.57. The summed E-state index contributed by atoms with van der Waals surface area (Å²) < 4.78 is 0.503. The van der Waals surface area contributed by atoms with Gasteiger partial charge in [0.1, 0.15) is 0 Å². The van der Waals surface area contributed by atoms with E-state index in [9.17, 15) is 10.0 Å². The molecule has 0 aliphatic heterocycles. The molecule has 0 aliphatic rings. The Kier molecular flexibility index (Phi) is 2.21. The molecule has 2 rings (SSSR count). The van der Waals surface area contributed by atoms with Crippen LogP contribution in [0.5, 0.6) is 0 Å². The monoisotopic (exact) mass is 223 g/mol. The Morgan fingerprint density at radius 1 is 1.40 bits per heavy atom. The lowest BCUT2D eigenvalue weighted by molar-refractivity contribution is -0.574. The predicted molar refractivity (Wildman–Crippen MR) is 54.9 cm³/mol. The highest BCUT2D eigenvalue weighted by Gasteiger charge is 2.17. The molecule has 0 atom stereocenters. The van der Waals surface area contributed by atoms with Crippen molar-refractivity contribution < 1.29 is 14.6 Å². The van der Waals surface area contributed by atoms with Crippen LogP contribution in [0.25, 0.3) is 10.9 Å². The summed E-state index contributed by atoms with van der Waals surface area (Å²) in [6.07, 6.45) is 0. The van der Waals surface area contributed by atoms with E-state index < -0.39 is 5.97 Å². The predicted octanol–water partition coefficient (Wildman–Crippen LogP) is 1.82. The minimum absolute atomic E-state index is 0.0303. The van der Waals surface area contributed by atoms with E-state index >= 15 is 0 Å². The Morgan fingerprint density at radius 3 is 2.73 bits per heavy atom. The molecule has 0 aliphatic carbocycles. The molecule has 1 aromatic heterocycles. The largest absolute Gasteiger partial charge is 0.617 e. The van der Waals surface area contributed by atoms with E-state index in [-0.39, 0.29) is 16.2 Å².